The molecule has 0 N–H and O–H groups in total. The van der Waals surface area contributed by atoms with Crippen LogP contribution in [0, 0.1) is 29.8 Å². The molecule has 36 heavy (non-hydrogen) atoms. The number of aromatic nitrogens is 3. The minimum atomic E-state index is -0.664. The second kappa shape index (κ2) is 11.3. The second-order valence-electron chi connectivity index (χ2n) is 8.02. The summed E-state index contributed by atoms with van der Waals surface area (Å²) in [5.74, 6) is 0.416. The summed E-state index contributed by atoms with van der Waals surface area (Å²) in [7, 11) is 0. The third-order valence-electron chi connectivity index (χ3n) is 5.37. The zero-order chi connectivity index (χ0) is 25.8. The Kier molecular flexibility index (Phi) is 8.13. The molecule has 4 rings (SSSR count). The van der Waals surface area contributed by atoms with Crippen molar-refractivity contribution in [1.29, 1.82) is 0 Å². The van der Waals surface area contributed by atoms with Crippen molar-refractivity contribution in [3.05, 3.63) is 109 Å². The zero-order valence-corrected chi connectivity index (χ0v) is 21.6. The van der Waals surface area contributed by atoms with Gasteiger partial charge in [-0.15, -0.1) is 10.2 Å². The lowest BCUT2D eigenvalue weighted by molar-refractivity contribution is -0.479. The van der Waals surface area contributed by atoms with Gasteiger partial charge in [-0.05, 0) is 49.7 Å². The van der Waals surface area contributed by atoms with Gasteiger partial charge >= 0.3 is 0 Å². The maximum absolute atomic E-state index is 13.9. The van der Waals surface area contributed by atoms with E-state index < -0.39 is 22.5 Å². The van der Waals surface area contributed by atoms with Crippen LogP contribution in [-0.2, 0) is 6.61 Å². The Morgan fingerprint density at radius 2 is 1.75 bits per heavy atom. The molecular formula is C25H21Cl2FN4O3S. The Labute approximate surface area is 221 Å². The number of halogens is 3. The molecule has 0 saturated carbocycles. The summed E-state index contributed by atoms with van der Waals surface area (Å²) in [6.45, 7) is 3.33. The fraction of sp³-hybridized carbons (Fsp3) is 0.200. The number of ether oxygens (including phenoxy) is 1. The minimum Gasteiger partial charge on any atom is -0.486 e. The Bertz CT molecular complexity index is 1380. The van der Waals surface area contributed by atoms with E-state index in [0.29, 0.717) is 22.1 Å². The van der Waals surface area contributed by atoms with E-state index in [1.807, 2.05) is 42.7 Å². The molecule has 0 saturated heterocycles. The average Bonchev–Trinajstić information content (AvgIpc) is 3.19. The number of benzene rings is 3. The van der Waals surface area contributed by atoms with E-state index in [2.05, 4.69) is 10.2 Å². The van der Waals surface area contributed by atoms with Gasteiger partial charge in [-0.3, -0.25) is 14.7 Å². The molecule has 186 valence electrons. The maximum Gasteiger partial charge on any atom is 0.220 e. The minimum absolute atomic E-state index is 0.0720. The predicted octanol–water partition coefficient (Wildman–Crippen LogP) is 7.02. The molecular weight excluding hydrogens is 526 g/mol. The lowest BCUT2D eigenvalue weighted by Gasteiger charge is -2.17. The summed E-state index contributed by atoms with van der Waals surface area (Å²) in [4.78, 5) is 11.1. The van der Waals surface area contributed by atoms with Crippen LogP contribution in [0.25, 0.3) is 5.69 Å². The van der Waals surface area contributed by atoms with Crippen LogP contribution < -0.4 is 4.74 Å². The van der Waals surface area contributed by atoms with Gasteiger partial charge in [0.2, 0.25) is 6.54 Å². The van der Waals surface area contributed by atoms with Crippen LogP contribution in [0.15, 0.2) is 65.8 Å². The van der Waals surface area contributed by atoms with Crippen molar-refractivity contribution < 1.29 is 14.1 Å². The molecule has 1 atom stereocenters. The summed E-state index contributed by atoms with van der Waals surface area (Å²) in [6.07, 6.45) is 0. The van der Waals surface area contributed by atoms with Gasteiger partial charge in [0.25, 0.3) is 0 Å². The van der Waals surface area contributed by atoms with Crippen molar-refractivity contribution in [2.75, 3.05) is 6.54 Å². The van der Waals surface area contributed by atoms with Crippen LogP contribution in [0.1, 0.15) is 27.8 Å². The molecule has 0 fully saturated rings. The third kappa shape index (κ3) is 5.98. The molecule has 0 aliphatic carbocycles. The smallest absolute Gasteiger partial charge is 0.220 e. The first-order valence-corrected chi connectivity index (χ1v) is 12.5. The van der Waals surface area contributed by atoms with Crippen molar-refractivity contribution in [3.63, 3.8) is 0 Å². The topological polar surface area (TPSA) is 83.1 Å². The van der Waals surface area contributed by atoms with Gasteiger partial charge in [0.15, 0.2) is 10.9 Å². The van der Waals surface area contributed by atoms with Gasteiger partial charge in [-0.25, -0.2) is 4.39 Å². The van der Waals surface area contributed by atoms with Crippen LogP contribution in [0.5, 0.6) is 5.75 Å². The Morgan fingerprint density at radius 3 is 2.39 bits per heavy atom. The van der Waals surface area contributed by atoms with Gasteiger partial charge in [-0.2, -0.15) is 0 Å². The van der Waals surface area contributed by atoms with Gasteiger partial charge < -0.3 is 4.74 Å². The van der Waals surface area contributed by atoms with Crippen LogP contribution >= 0.6 is 35.0 Å². The zero-order valence-electron chi connectivity index (χ0n) is 19.3. The van der Waals surface area contributed by atoms with Crippen LogP contribution in [0.4, 0.5) is 4.39 Å². The standard InChI is InChI=1S/C25H21Cl2FN4O3S/c1-15-7-9-19(10-8-15)32-16(2)29-30-25(32)36-23(13-31(33)34)18-11-20(26)24(21(27)12-18)35-14-17-5-3-4-6-22(17)28/h3-12,23H,13-14H2,1-2H3/t23-/m1/s1. The summed E-state index contributed by atoms with van der Waals surface area (Å²) in [5.41, 5.74) is 2.83. The van der Waals surface area contributed by atoms with Gasteiger partial charge in [0.05, 0.1) is 10.0 Å². The molecule has 7 nitrogen and oxygen atoms in total. The highest BCUT2D eigenvalue weighted by Crippen LogP contribution is 2.42. The highest BCUT2D eigenvalue weighted by atomic mass is 35.5. The summed E-state index contributed by atoms with van der Waals surface area (Å²) in [6, 6.07) is 17.2. The largest absolute Gasteiger partial charge is 0.486 e. The normalized spacial score (nSPS) is 11.9. The SMILES string of the molecule is Cc1ccc(-n2c(C)nnc2S[C@H](C[N+](=O)[O-])c2cc(Cl)c(OCc3ccccc3F)c(Cl)c2)cc1. The van der Waals surface area contributed by atoms with Gasteiger partial charge in [0, 0.05) is 16.2 Å². The van der Waals surface area contributed by atoms with Crippen molar-refractivity contribution in [3.8, 4) is 11.4 Å². The number of nitrogens with zero attached hydrogens (tertiary/aromatic N) is 4. The van der Waals surface area contributed by atoms with E-state index in [0.717, 1.165) is 11.3 Å². The molecule has 1 aromatic heterocycles. The molecule has 0 unspecified atom stereocenters. The number of thioether (sulfide) groups is 1. The fourth-order valence-corrected chi connectivity index (χ4v) is 5.32. The molecule has 0 spiro atoms. The fourth-order valence-electron chi connectivity index (χ4n) is 3.55. The summed E-state index contributed by atoms with van der Waals surface area (Å²) >= 11 is 14.1. The number of aryl methyl sites for hydroxylation is 2. The first-order valence-electron chi connectivity index (χ1n) is 10.9. The Hall–Kier alpha value is -3.14. The van der Waals surface area contributed by atoms with Gasteiger partial charge in [0.1, 0.15) is 23.5 Å². The third-order valence-corrected chi connectivity index (χ3v) is 7.11. The first kappa shape index (κ1) is 25.9. The highest BCUT2D eigenvalue weighted by Gasteiger charge is 2.26. The van der Waals surface area contributed by atoms with E-state index in [9.17, 15) is 14.5 Å². The Balaban J connectivity index is 1.62. The van der Waals surface area contributed by atoms with E-state index >= 15 is 0 Å². The van der Waals surface area contributed by atoms with Crippen molar-refractivity contribution in [2.24, 2.45) is 0 Å². The number of rotatable bonds is 9. The summed E-state index contributed by atoms with van der Waals surface area (Å²) in [5, 5.41) is 20.1. The number of nitro groups is 1. The molecule has 3 aromatic carbocycles. The molecule has 1 heterocycles. The maximum atomic E-state index is 13.9. The van der Waals surface area contributed by atoms with E-state index in [4.69, 9.17) is 27.9 Å². The monoisotopic (exact) mass is 546 g/mol. The first-order chi connectivity index (χ1) is 17.2. The molecule has 0 bridgehead atoms. The van der Waals surface area contributed by atoms with Crippen molar-refractivity contribution >= 4 is 35.0 Å². The number of hydrogen-bond donors (Lipinski definition) is 0. The number of hydrogen-bond acceptors (Lipinski definition) is 6. The van der Waals surface area contributed by atoms with E-state index in [1.165, 1.54) is 17.8 Å². The lowest BCUT2D eigenvalue weighted by atomic mass is 10.1. The molecule has 11 heteroatoms. The highest BCUT2D eigenvalue weighted by molar-refractivity contribution is 7.99. The molecule has 0 aliphatic heterocycles. The molecule has 0 aliphatic rings. The average molecular weight is 547 g/mol. The van der Waals surface area contributed by atoms with Crippen LogP contribution in [0.2, 0.25) is 10.0 Å². The van der Waals surface area contributed by atoms with Crippen LogP contribution in [0.3, 0.4) is 0 Å². The summed E-state index contributed by atoms with van der Waals surface area (Å²) < 4.78 is 21.5. The second-order valence-corrected chi connectivity index (χ2v) is 10.0. The van der Waals surface area contributed by atoms with E-state index in [-0.39, 0.29) is 22.4 Å². The van der Waals surface area contributed by atoms with Crippen molar-refractivity contribution in [2.45, 2.75) is 30.9 Å². The Morgan fingerprint density at radius 1 is 1.08 bits per heavy atom. The van der Waals surface area contributed by atoms with Crippen LogP contribution in [-0.4, -0.2) is 26.2 Å². The lowest BCUT2D eigenvalue weighted by Crippen LogP contribution is -2.11. The van der Waals surface area contributed by atoms with Gasteiger partial charge in [-0.1, -0.05) is 70.9 Å². The quantitative estimate of drug-likeness (QED) is 0.127. The molecule has 0 amide bonds. The van der Waals surface area contributed by atoms with Crippen molar-refractivity contribution in [1.82, 2.24) is 14.8 Å². The molecule has 4 aromatic rings. The van der Waals surface area contributed by atoms with E-state index in [1.54, 1.807) is 30.3 Å². The molecule has 0 radical (unpaired) electrons. The predicted molar refractivity (Wildman–Crippen MR) is 138 cm³/mol.